The molecule has 0 aliphatic heterocycles. The SMILES string of the molecule is COc1ccc([Si](C)(C)C/C=C/c2ccccc2)cc1. The lowest BCUT2D eigenvalue weighted by atomic mass is 10.2. The molecule has 0 unspecified atom stereocenters. The highest BCUT2D eigenvalue weighted by Crippen LogP contribution is 2.15. The zero-order valence-electron chi connectivity index (χ0n) is 12.5. The average molecular weight is 282 g/mol. The molecule has 0 saturated heterocycles. The molecule has 0 amide bonds. The summed E-state index contributed by atoms with van der Waals surface area (Å²) in [4.78, 5) is 0. The summed E-state index contributed by atoms with van der Waals surface area (Å²) in [6.07, 6.45) is 4.53. The fourth-order valence-corrected chi connectivity index (χ4v) is 4.23. The van der Waals surface area contributed by atoms with Crippen LogP contribution in [0.25, 0.3) is 6.08 Å². The summed E-state index contributed by atoms with van der Waals surface area (Å²) >= 11 is 0. The molecule has 2 aromatic carbocycles. The maximum absolute atomic E-state index is 5.22. The van der Waals surface area contributed by atoms with Gasteiger partial charge < -0.3 is 4.74 Å². The van der Waals surface area contributed by atoms with E-state index in [-0.39, 0.29) is 0 Å². The maximum Gasteiger partial charge on any atom is 0.118 e. The van der Waals surface area contributed by atoms with Gasteiger partial charge in [0.15, 0.2) is 0 Å². The van der Waals surface area contributed by atoms with Crippen molar-refractivity contribution >= 4 is 19.3 Å². The first-order valence-electron chi connectivity index (χ1n) is 6.98. The second kappa shape index (κ2) is 6.57. The molecule has 1 nitrogen and oxygen atoms in total. The standard InChI is InChI=1S/C18H22OSi/c1-19-17-11-13-18(14-12-17)20(2,3)15-7-10-16-8-5-4-6-9-16/h4-14H,15H2,1-3H3/b10-7+. The number of allylic oxidation sites excluding steroid dienone is 1. The van der Waals surface area contributed by atoms with Crippen LogP contribution in [0.4, 0.5) is 0 Å². The third kappa shape index (κ3) is 3.84. The van der Waals surface area contributed by atoms with Gasteiger partial charge in [-0.2, -0.15) is 0 Å². The van der Waals surface area contributed by atoms with Gasteiger partial charge in [0.05, 0.1) is 15.2 Å². The predicted octanol–water partition coefficient (Wildman–Crippen LogP) is 4.32. The Hall–Kier alpha value is -1.80. The van der Waals surface area contributed by atoms with Crippen LogP contribution in [0.15, 0.2) is 60.7 Å². The first-order valence-corrected chi connectivity index (χ1v) is 10.2. The Kier molecular flexibility index (Phi) is 4.80. The molecule has 0 fully saturated rings. The zero-order valence-corrected chi connectivity index (χ0v) is 13.5. The Labute approximate surface area is 122 Å². The van der Waals surface area contributed by atoms with Crippen LogP contribution in [0.3, 0.4) is 0 Å². The first-order chi connectivity index (χ1) is 9.62. The summed E-state index contributed by atoms with van der Waals surface area (Å²) in [5.74, 6) is 0.929. The number of hydrogen-bond donors (Lipinski definition) is 0. The number of rotatable bonds is 5. The van der Waals surface area contributed by atoms with Crippen LogP contribution in [-0.4, -0.2) is 15.2 Å². The third-order valence-corrected chi connectivity index (χ3v) is 6.76. The minimum atomic E-state index is -1.41. The summed E-state index contributed by atoms with van der Waals surface area (Å²) in [6.45, 7) is 4.81. The van der Waals surface area contributed by atoms with E-state index in [1.54, 1.807) is 7.11 Å². The highest BCUT2D eigenvalue weighted by Gasteiger charge is 2.21. The Morgan fingerprint density at radius 1 is 0.950 bits per heavy atom. The lowest BCUT2D eigenvalue weighted by molar-refractivity contribution is 0.415. The molecule has 0 heterocycles. The van der Waals surface area contributed by atoms with Crippen molar-refractivity contribution in [2.24, 2.45) is 0 Å². The molecule has 2 rings (SSSR count). The van der Waals surface area contributed by atoms with E-state index >= 15 is 0 Å². The van der Waals surface area contributed by atoms with Gasteiger partial charge in [-0.3, -0.25) is 0 Å². The molecule has 104 valence electrons. The van der Waals surface area contributed by atoms with Gasteiger partial charge in [-0.25, -0.2) is 0 Å². The highest BCUT2D eigenvalue weighted by molar-refractivity contribution is 6.90. The van der Waals surface area contributed by atoms with Crippen LogP contribution in [0.1, 0.15) is 5.56 Å². The quantitative estimate of drug-likeness (QED) is 0.742. The van der Waals surface area contributed by atoms with Crippen molar-refractivity contribution in [1.29, 1.82) is 0 Å². The Morgan fingerprint density at radius 2 is 1.60 bits per heavy atom. The van der Waals surface area contributed by atoms with Crippen LogP contribution in [0, 0.1) is 0 Å². The van der Waals surface area contributed by atoms with Crippen LogP contribution < -0.4 is 9.92 Å². The minimum Gasteiger partial charge on any atom is -0.497 e. The lowest BCUT2D eigenvalue weighted by Crippen LogP contribution is -2.40. The van der Waals surface area contributed by atoms with Crippen LogP contribution in [0.5, 0.6) is 5.75 Å². The monoisotopic (exact) mass is 282 g/mol. The molecule has 0 bridgehead atoms. The largest absolute Gasteiger partial charge is 0.497 e. The van der Waals surface area contributed by atoms with Gasteiger partial charge in [-0.1, -0.05) is 72.9 Å². The van der Waals surface area contributed by atoms with Gasteiger partial charge in [-0.05, 0) is 23.7 Å². The van der Waals surface area contributed by atoms with Crippen molar-refractivity contribution in [1.82, 2.24) is 0 Å². The van der Waals surface area contributed by atoms with E-state index in [0.717, 1.165) is 11.8 Å². The smallest absolute Gasteiger partial charge is 0.118 e. The second-order valence-electron chi connectivity index (χ2n) is 5.63. The van der Waals surface area contributed by atoms with E-state index in [1.165, 1.54) is 10.8 Å². The van der Waals surface area contributed by atoms with Gasteiger partial charge in [0.25, 0.3) is 0 Å². The molecular formula is C18H22OSi. The van der Waals surface area contributed by atoms with Gasteiger partial charge in [0.1, 0.15) is 5.75 Å². The zero-order chi connectivity index (χ0) is 14.4. The molecule has 0 radical (unpaired) electrons. The summed E-state index contributed by atoms with van der Waals surface area (Å²) in [5, 5.41) is 1.47. The average Bonchev–Trinajstić information content (AvgIpc) is 2.48. The lowest BCUT2D eigenvalue weighted by Gasteiger charge is -2.21. The van der Waals surface area contributed by atoms with E-state index in [2.05, 4.69) is 73.8 Å². The van der Waals surface area contributed by atoms with Crippen molar-refractivity contribution in [3.8, 4) is 5.75 Å². The molecule has 0 N–H and O–H groups in total. The molecule has 0 saturated carbocycles. The third-order valence-electron chi connectivity index (χ3n) is 3.61. The molecule has 20 heavy (non-hydrogen) atoms. The second-order valence-corrected chi connectivity index (χ2v) is 10.4. The molecule has 2 heteroatoms. The van der Waals surface area contributed by atoms with Crippen molar-refractivity contribution in [2.45, 2.75) is 19.1 Å². The van der Waals surface area contributed by atoms with E-state index in [0.29, 0.717) is 0 Å². The summed E-state index contributed by atoms with van der Waals surface area (Å²) < 4.78 is 5.22. The van der Waals surface area contributed by atoms with Gasteiger partial charge in [0, 0.05) is 0 Å². The van der Waals surface area contributed by atoms with Crippen LogP contribution >= 0.6 is 0 Å². The van der Waals surface area contributed by atoms with Crippen LogP contribution in [-0.2, 0) is 0 Å². The van der Waals surface area contributed by atoms with E-state index < -0.39 is 8.07 Å². The molecule has 0 spiro atoms. The Morgan fingerprint density at radius 3 is 2.20 bits per heavy atom. The molecular weight excluding hydrogens is 260 g/mol. The number of methoxy groups -OCH3 is 1. The fourth-order valence-electron chi connectivity index (χ4n) is 2.21. The topological polar surface area (TPSA) is 9.23 Å². The summed E-state index contributed by atoms with van der Waals surface area (Å²) in [5.41, 5.74) is 1.27. The predicted molar refractivity (Wildman–Crippen MR) is 90.4 cm³/mol. The Balaban J connectivity index is 2.04. The normalized spacial score (nSPS) is 11.8. The van der Waals surface area contributed by atoms with Gasteiger partial charge in [0.2, 0.25) is 0 Å². The highest BCUT2D eigenvalue weighted by atomic mass is 28.3. The molecule has 0 aliphatic carbocycles. The van der Waals surface area contributed by atoms with Crippen molar-refractivity contribution in [3.63, 3.8) is 0 Å². The first kappa shape index (κ1) is 14.6. The van der Waals surface area contributed by atoms with Crippen molar-refractivity contribution in [2.75, 3.05) is 7.11 Å². The van der Waals surface area contributed by atoms with Gasteiger partial charge >= 0.3 is 0 Å². The number of hydrogen-bond acceptors (Lipinski definition) is 1. The summed E-state index contributed by atoms with van der Waals surface area (Å²) in [6, 6.07) is 20.2. The molecule has 0 atom stereocenters. The minimum absolute atomic E-state index is 0.929. The van der Waals surface area contributed by atoms with Crippen LogP contribution in [0.2, 0.25) is 19.1 Å². The van der Waals surface area contributed by atoms with E-state index in [1.807, 2.05) is 6.07 Å². The van der Waals surface area contributed by atoms with E-state index in [9.17, 15) is 0 Å². The summed E-state index contributed by atoms with van der Waals surface area (Å²) in [7, 11) is 0.297. The Bertz CT molecular complexity index is 556. The fraction of sp³-hybridized carbons (Fsp3) is 0.222. The number of ether oxygens (including phenoxy) is 1. The maximum atomic E-state index is 5.22. The molecule has 0 aliphatic rings. The molecule has 2 aromatic rings. The van der Waals surface area contributed by atoms with E-state index in [4.69, 9.17) is 4.74 Å². The van der Waals surface area contributed by atoms with Crippen molar-refractivity contribution < 1.29 is 4.74 Å². The molecule has 0 aromatic heterocycles. The van der Waals surface area contributed by atoms with Crippen molar-refractivity contribution in [3.05, 3.63) is 66.2 Å². The van der Waals surface area contributed by atoms with Gasteiger partial charge in [-0.15, -0.1) is 0 Å². The number of benzene rings is 2.